The molecular formula is C25H54N2. The molecule has 164 valence electrons. The predicted octanol–water partition coefficient (Wildman–Crippen LogP) is 7.52. The summed E-state index contributed by atoms with van der Waals surface area (Å²) in [4.78, 5) is 5.09. The Morgan fingerprint density at radius 1 is 0.333 bits per heavy atom. The molecule has 0 saturated carbocycles. The molecule has 0 unspecified atom stereocenters. The van der Waals surface area contributed by atoms with Crippen LogP contribution in [0.25, 0.3) is 0 Å². The predicted molar refractivity (Wildman–Crippen MR) is 125 cm³/mol. The van der Waals surface area contributed by atoms with E-state index in [0.717, 1.165) is 0 Å². The van der Waals surface area contributed by atoms with Crippen molar-refractivity contribution in [2.24, 2.45) is 0 Å². The van der Waals surface area contributed by atoms with Gasteiger partial charge in [0.1, 0.15) is 0 Å². The molecule has 0 amide bonds. The third-order valence-electron chi connectivity index (χ3n) is 5.87. The fourth-order valence-electron chi connectivity index (χ4n) is 3.87. The maximum Gasteiger partial charge on any atom is -0.000960 e. The van der Waals surface area contributed by atoms with E-state index in [0.29, 0.717) is 0 Å². The fraction of sp³-hybridized carbons (Fsp3) is 1.00. The van der Waals surface area contributed by atoms with Gasteiger partial charge in [-0.05, 0) is 59.5 Å². The molecule has 0 N–H and O–H groups in total. The van der Waals surface area contributed by atoms with Crippen LogP contribution >= 0.6 is 0 Å². The lowest BCUT2D eigenvalue weighted by molar-refractivity contribution is 0.271. The summed E-state index contributed by atoms with van der Waals surface area (Å²) in [6, 6.07) is 0. The maximum absolute atomic E-state index is 2.54. The lowest BCUT2D eigenvalue weighted by Gasteiger charge is -2.20. The Labute approximate surface area is 173 Å². The zero-order valence-corrected chi connectivity index (χ0v) is 19.7. The largest absolute Gasteiger partial charge is 0.306 e. The molecule has 0 atom stereocenters. The zero-order valence-electron chi connectivity index (χ0n) is 19.7. The minimum absolute atomic E-state index is 1.26. The lowest BCUT2D eigenvalue weighted by atomic mass is 10.1. The molecule has 0 fully saturated rings. The number of nitrogens with zero attached hydrogens (tertiary/aromatic N) is 2. The van der Waals surface area contributed by atoms with Crippen molar-refractivity contribution < 1.29 is 0 Å². The summed E-state index contributed by atoms with van der Waals surface area (Å²) in [6.45, 7) is 9.69. The topological polar surface area (TPSA) is 6.48 Å². The normalized spacial score (nSPS) is 11.8. The van der Waals surface area contributed by atoms with Crippen LogP contribution in [0.4, 0.5) is 0 Å². The summed E-state index contributed by atoms with van der Waals surface area (Å²) in [5.41, 5.74) is 0. The first kappa shape index (κ1) is 26.9. The van der Waals surface area contributed by atoms with E-state index in [1.807, 2.05) is 0 Å². The highest BCUT2D eigenvalue weighted by molar-refractivity contribution is 4.58. The van der Waals surface area contributed by atoms with Crippen molar-refractivity contribution in [1.82, 2.24) is 9.80 Å². The van der Waals surface area contributed by atoms with Gasteiger partial charge in [0.15, 0.2) is 0 Å². The first-order valence-electron chi connectivity index (χ1n) is 12.6. The number of rotatable bonds is 22. The molecule has 27 heavy (non-hydrogen) atoms. The van der Waals surface area contributed by atoms with Gasteiger partial charge in [0.2, 0.25) is 0 Å². The Morgan fingerprint density at radius 2 is 0.593 bits per heavy atom. The van der Waals surface area contributed by atoms with E-state index >= 15 is 0 Å². The van der Waals surface area contributed by atoms with E-state index in [4.69, 9.17) is 0 Å². The van der Waals surface area contributed by atoms with E-state index in [1.54, 1.807) is 0 Å². The quantitative estimate of drug-likeness (QED) is 0.179. The molecule has 0 aliphatic heterocycles. The third kappa shape index (κ3) is 22.1. The first-order chi connectivity index (χ1) is 13.2. The Balaban J connectivity index is 3.29. The second-order valence-corrected chi connectivity index (χ2v) is 8.91. The molecule has 2 heteroatoms. The fourth-order valence-corrected chi connectivity index (χ4v) is 3.87. The summed E-state index contributed by atoms with van der Waals surface area (Å²) in [5.74, 6) is 0. The van der Waals surface area contributed by atoms with Gasteiger partial charge in [0.05, 0.1) is 0 Å². The Morgan fingerprint density at radius 3 is 0.926 bits per heavy atom. The van der Waals surface area contributed by atoms with Gasteiger partial charge >= 0.3 is 0 Å². The standard InChI is InChI=1S/C25H54N2/c1-5-7-9-11-13-15-17-19-22-26(3)24-21-25-27(4)23-20-18-16-14-12-10-8-6-2/h5-25H2,1-4H3. The van der Waals surface area contributed by atoms with Crippen LogP contribution in [0.3, 0.4) is 0 Å². The van der Waals surface area contributed by atoms with Crippen LogP contribution in [-0.2, 0) is 0 Å². The molecule has 0 aromatic heterocycles. The molecular weight excluding hydrogens is 328 g/mol. The van der Waals surface area contributed by atoms with Crippen molar-refractivity contribution in [1.29, 1.82) is 0 Å². The van der Waals surface area contributed by atoms with Crippen molar-refractivity contribution >= 4 is 0 Å². The summed E-state index contributed by atoms with van der Waals surface area (Å²) >= 11 is 0. The average Bonchev–Trinajstić information content (AvgIpc) is 2.66. The second kappa shape index (κ2) is 22.2. The Kier molecular flexibility index (Phi) is 22.1. The molecule has 0 spiro atoms. The Bertz CT molecular complexity index is 241. The van der Waals surface area contributed by atoms with Crippen LogP contribution < -0.4 is 0 Å². The summed E-state index contributed by atoms with van der Waals surface area (Å²) < 4.78 is 0. The van der Waals surface area contributed by atoms with Crippen LogP contribution in [0.5, 0.6) is 0 Å². The highest BCUT2D eigenvalue weighted by atomic mass is 15.1. The van der Waals surface area contributed by atoms with E-state index in [2.05, 4.69) is 37.7 Å². The van der Waals surface area contributed by atoms with Gasteiger partial charge < -0.3 is 9.80 Å². The Hall–Kier alpha value is -0.0800. The minimum atomic E-state index is 1.26. The maximum atomic E-state index is 2.54. The molecule has 2 nitrogen and oxygen atoms in total. The molecule has 0 aliphatic rings. The SMILES string of the molecule is CCCCCCCCCCN(C)CCCN(C)CCCCCCCCCC. The third-order valence-corrected chi connectivity index (χ3v) is 5.87. The van der Waals surface area contributed by atoms with Gasteiger partial charge in [-0.25, -0.2) is 0 Å². The number of hydrogen-bond donors (Lipinski definition) is 0. The number of hydrogen-bond acceptors (Lipinski definition) is 2. The van der Waals surface area contributed by atoms with Crippen LogP contribution in [0.2, 0.25) is 0 Å². The molecule has 0 aliphatic carbocycles. The molecule has 0 saturated heterocycles. The molecule has 0 rings (SSSR count). The number of unbranched alkanes of at least 4 members (excludes halogenated alkanes) is 14. The van der Waals surface area contributed by atoms with Gasteiger partial charge in [-0.2, -0.15) is 0 Å². The zero-order chi connectivity index (χ0) is 20.0. The van der Waals surface area contributed by atoms with E-state index < -0.39 is 0 Å². The summed E-state index contributed by atoms with van der Waals surface area (Å²) in [6.07, 6.45) is 24.1. The van der Waals surface area contributed by atoms with Crippen LogP contribution in [0.15, 0.2) is 0 Å². The average molecular weight is 383 g/mol. The summed E-state index contributed by atoms with van der Waals surface area (Å²) in [5, 5.41) is 0. The van der Waals surface area contributed by atoms with E-state index in [-0.39, 0.29) is 0 Å². The second-order valence-electron chi connectivity index (χ2n) is 8.91. The van der Waals surface area contributed by atoms with Crippen LogP contribution in [0.1, 0.15) is 123 Å². The van der Waals surface area contributed by atoms with Crippen molar-refractivity contribution in [2.75, 3.05) is 40.3 Å². The van der Waals surface area contributed by atoms with Crippen LogP contribution in [-0.4, -0.2) is 50.1 Å². The van der Waals surface area contributed by atoms with Crippen LogP contribution in [0, 0.1) is 0 Å². The molecule has 0 radical (unpaired) electrons. The van der Waals surface area contributed by atoms with Crippen molar-refractivity contribution in [2.45, 2.75) is 123 Å². The van der Waals surface area contributed by atoms with Gasteiger partial charge in [-0.3, -0.25) is 0 Å². The summed E-state index contributed by atoms with van der Waals surface area (Å²) in [7, 11) is 4.61. The van der Waals surface area contributed by atoms with Crippen molar-refractivity contribution in [3.05, 3.63) is 0 Å². The first-order valence-corrected chi connectivity index (χ1v) is 12.6. The van der Waals surface area contributed by atoms with E-state index in [1.165, 1.54) is 135 Å². The molecule has 0 bridgehead atoms. The van der Waals surface area contributed by atoms with Gasteiger partial charge in [0.25, 0.3) is 0 Å². The minimum Gasteiger partial charge on any atom is -0.306 e. The lowest BCUT2D eigenvalue weighted by Crippen LogP contribution is -2.27. The molecule has 0 aromatic carbocycles. The monoisotopic (exact) mass is 382 g/mol. The van der Waals surface area contributed by atoms with Crippen molar-refractivity contribution in [3.8, 4) is 0 Å². The van der Waals surface area contributed by atoms with Gasteiger partial charge in [-0.1, -0.05) is 104 Å². The highest BCUT2D eigenvalue weighted by Crippen LogP contribution is 2.10. The van der Waals surface area contributed by atoms with Gasteiger partial charge in [-0.15, -0.1) is 0 Å². The van der Waals surface area contributed by atoms with Gasteiger partial charge in [0, 0.05) is 0 Å². The smallest absolute Gasteiger partial charge is 0.000960 e. The molecule has 0 heterocycles. The highest BCUT2D eigenvalue weighted by Gasteiger charge is 2.02. The van der Waals surface area contributed by atoms with Crippen molar-refractivity contribution in [3.63, 3.8) is 0 Å². The molecule has 0 aromatic rings. The van der Waals surface area contributed by atoms with E-state index in [9.17, 15) is 0 Å².